The Morgan fingerprint density at radius 2 is 1.92 bits per heavy atom. The predicted octanol–water partition coefficient (Wildman–Crippen LogP) is 4.16. The van der Waals surface area contributed by atoms with E-state index in [-0.39, 0.29) is 12.5 Å². The molecule has 0 aliphatic carbocycles. The van der Waals surface area contributed by atoms with Gasteiger partial charge >= 0.3 is 6.18 Å². The second kappa shape index (κ2) is 7.07. The molecule has 8 heteroatoms. The molecule has 0 aliphatic heterocycles. The maximum Gasteiger partial charge on any atom is 0.416 e. The van der Waals surface area contributed by atoms with E-state index in [4.69, 9.17) is 4.74 Å². The molecule has 3 aromatic rings. The van der Waals surface area contributed by atoms with Crippen molar-refractivity contribution in [3.63, 3.8) is 0 Å². The van der Waals surface area contributed by atoms with Gasteiger partial charge in [0.1, 0.15) is 5.52 Å². The Balaban J connectivity index is 1.63. The number of hydrogen-bond donors (Lipinski definition) is 2. The molecule has 0 spiro atoms. The van der Waals surface area contributed by atoms with Gasteiger partial charge in [-0.2, -0.15) is 13.2 Å². The van der Waals surface area contributed by atoms with Crippen LogP contribution in [0.4, 0.5) is 18.9 Å². The Morgan fingerprint density at radius 1 is 1.19 bits per heavy atom. The van der Waals surface area contributed by atoms with Crippen LogP contribution in [-0.2, 0) is 17.4 Å². The van der Waals surface area contributed by atoms with Gasteiger partial charge in [0.2, 0.25) is 11.8 Å². The first-order valence-electron chi connectivity index (χ1n) is 7.87. The summed E-state index contributed by atoms with van der Waals surface area (Å²) in [6.45, 7) is 1.67. The highest BCUT2D eigenvalue weighted by molar-refractivity contribution is 5.98. The molecular formula is C18H16F3N3O2. The molecule has 1 amide bonds. The number of fused-ring (bicyclic) bond motifs is 1. The van der Waals surface area contributed by atoms with Gasteiger partial charge < -0.3 is 15.0 Å². The zero-order valence-corrected chi connectivity index (χ0v) is 13.9. The zero-order valence-electron chi connectivity index (χ0n) is 13.9. The largest absolute Gasteiger partial charge is 0.477 e. The number of benzene rings is 1. The number of halogens is 3. The van der Waals surface area contributed by atoms with Gasteiger partial charge in [-0.1, -0.05) is 12.1 Å². The number of rotatable bonds is 5. The fourth-order valence-corrected chi connectivity index (χ4v) is 2.48. The van der Waals surface area contributed by atoms with E-state index in [2.05, 4.69) is 15.3 Å². The molecule has 0 saturated carbocycles. The summed E-state index contributed by atoms with van der Waals surface area (Å²) in [5.41, 5.74) is 1.95. The van der Waals surface area contributed by atoms with Gasteiger partial charge in [-0.05, 0) is 23.8 Å². The van der Waals surface area contributed by atoms with Crippen molar-refractivity contribution in [3.05, 3.63) is 53.7 Å². The summed E-state index contributed by atoms with van der Waals surface area (Å²) in [6.07, 6.45) is -2.24. The molecule has 0 saturated heterocycles. The van der Waals surface area contributed by atoms with Gasteiger partial charge in [0.15, 0.2) is 0 Å². The number of anilines is 1. The van der Waals surface area contributed by atoms with E-state index >= 15 is 0 Å². The van der Waals surface area contributed by atoms with E-state index in [1.54, 1.807) is 18.3 Å². The predicted molar refractivity (Wildman–Crippen MR) is 91.0 cm³/mol. The highest BCUT2D eigenvalue weighted by atomic mass is 19.4. The summed E-state index contributed by atoms with van der Waals surface area (Å²) in [6, 6.07) is 8.44. The standard InChI is InChI=1S/C18H16F3N3O2/c1-11(25)23-15-10-22-14-6-7-16(24-17(14)15)26-9-8-12-2-4-13(5-3-12)18(19,20)21/h2-7,10,22H,8-9H2,1H3,(H,23,25). The van der Waals surface area contributed by atoms with Crippen LogP contribution in [0.5, 0.6) is 5.88 Å². The minimum atomic E-state index is -4.34. The van der Waals surface area contributed by atoms with E-state index < -0.39 is 11.7 Å². The number of hydrogen-bond acceptors (Lipinski definition) is 3. The molecular weight excluding hydrogens is 347 g/mol. The monoisotopic (exact) mass is 363 g/mol. The van der Waals surface area contributed by atoms with Crippen molar-refractivity contribution in [3.8, 4) is 5.88 Å². The molecule has 1 aromatic carbocycles. The lowest BCUT2D eigenvalue weighted by Crippen LogP contribution is -2.06. The molecule has 136 valence electrons. The fraction of sp³-hybridized carbons (Fsp3) is 0.222. The van der Waals surface area contributed by atoms with Crippen molar-refractivity contribution in [2.45, 2.75) is 19.5 Å². The number of carbonyl (C=O) groups is 1. The normalized spacial score (nSPS) is 11.5. The Morgan fingerprint density at radius 3 is 2.58 bits per heavy atom. The first-order chi connectivity index (χ1) is 12.3. The Kier molecular flexibility index (Phi) is 4.83. The van der Waals surface area contributed by atoms with Crippen LogP contribution in [0.2, 0.25) is 0 Å². The second-order valence-corrected chi connectivity index (χ2v) is 5.72. The summed E-state index contributed by atoms with van der Waals surface area (Å²) in [7, 11) is 0. The summed E-state index contributed by atoms with van der Waals surface area (Å²) in [5.74, 6) is 0.164. The van der Waals surface area contributed by atoms with Gasteiger partial charge in [-0.3, -0.25) is 4.79 Å². The van der Waals surface area contributed by atoms with Crippen molar-refractivity contribution >= 4 is 22.6 Å². The van der Waals surface area contributed by atoms with Crippen LogP contribution in [0.15, 0.2) is 42.6 Å². The Labute approximate surface area is 147 Å². The van der Waals surface area contributed by atoms with Crippen LogP contribution in [0.3, 0.4) is 0 Å². The van der Waals surface area contributed by atoms with Crippen LogP contribution in [-0.4, -0.2) is 22.5 Å². The number of ether oxygens (including phenoxy) is 1. The fourth-order valence-electron chi connectivity index (χ4n) is 2.48. The third-order valence-electron chi connectivity index (χ3n) is 3.73. The second-order valence-electron chi connectivity index (χ2n) is 5.72. The molecule has 0 atom stereocenters. The minimum absolute atomic E-state index is 0.207. The molecule has 0 aliphatic rings. The molecule has 3 rings (SSSR count). The number of carbonyl (C=O) groups excluding carboxylic acids is 1. The lowest BCUT2D eigenvalue weighted by atomic mass is 10.1. The SMILES string of the molecule is CC(=O)Nc1c[nH]c2ccc(OCCc3ccc(C(F)(F)F)cc3)nc12. The lowest BCUT2D eigenvalue weighted by molar-refractivity contribution is -0.137. The van der Waals surface area contributed by atoms with Gasteiger partial charge in [-0.25, -0.2) is 4.98 Å². The van der Waals surface area contributed by atoms with Crippen LogP contribution >= 0.6 is 0 Å². The minimum Gasteiger partial charge on any atom is -0.477 e. The van der Waals surface area contributed by atoms with Crippen molar-refractivity contribution < 1.29 is 22.7 Å². The topological polar surface area (TPSA) is 67.0 Å². The average Bonchev–Trinajstić information content (AvgIpc) is 2.96. The smallest absolute Gasteiger partial charge is 0.416 e. The molecule has 0 bridgehead atoms. The first kappa shape index (κ1) is 17.8. The number of pyridine rings is 1. The summed E-state index contributed by atoms with van der Waals surface area (Å²) in [4.78, 5) is 18.5. The van der Waals surface area contributed by atoms with Crippen LogP contribution < -0.4 is 10.1 Å². The Bertz CT molecular complexity index is 918. The molecule has 5 nitrogen and oxygen atoms in total. The number of alkyl halides is 3. The maximum absolute atomic E-state index is 12.5. The van der Waals surface area contributed by atoms with Gasteiger partial charge in [0.05, 0.1) is 23.4 Å². The summed E-state index contributed by atoms with van der Waals surface area (Å²) < 4.78 is 43.2. The van der Waals surface area contributed by atoms with Crippen LogP contribution in [0.1, 0.15) is 18.1 Å². The van der Waals surface area contributed by atoms with E-state index in [9.17, 15) is 18.0 Å². The number of amides is 1. The number of aromatic nitrogens is 2. The van der Waals surface area contributed by atoms with E-state index in [0.717, 1.165) is 23.2 Å². The van der Waals surface area contributed by atoms with E-state index in [1.807, 2.05) is 0 Å². The number of H-pyrrole nitrogens is 1. The number of nitrogens with zero attached hydrogens (tertiary/aromatic N) is 1. The van der Waals surface area contributed by atoms with Crippen molar-refractivity contribution in [1.82, 2.24) is 9.97 Å². The van der Waals surface area contributed by atoms with Crippen molar-refractivity contribution in [2.75, 3.05) is 11.9 Å². The van der Waals surface area contributed by atoms with Crippen molar-refractivity contribution in [2.24, 2.45) is 0 Å². The number of nitrogens with one attached hydrogen (secondary N) is 2. The highest BCUT2D eigenvalue weighted by Gasteiger charge is 2.29. The molecule has 0 unspecified atom stereocenters. The summed E-state index contributed by atoms with van der Waals surface area (Å²) in [5, 5.41) is 2.67. The van der Waals surface area contributed by atoms with Crippen LogP contribution in [0, 0.1) is 0 Å². The third kappa shape index (κ3) is 4.14. The van der Waals surface area contributed by atoms with Gasteiger partial charge in [0.25, 0.3) is 0 Å². The first-order valence-corrected chi connectivity index (χ1v) is 7.87. The highest BCUT2D eigenvalue weighted by Crippen LogP contribution is 2.29. The molecule has 2 aromatic heterocycles. The van der Waals surface area contributed by atoms with Gasteiger partial charge in [0, 0.05) is 25.6 Å². The summed E-state index contributed by atoms with van der Waals surface area (Å²) >= 11 is 0. The lowest BCUT2D eigenvalue weighted by Gasteiger charge is -2.08. The maximum atomic E-state index is 12.5. The molecule has 0 radical (unpaired) electrons. The molecule has 2 N–H and O–H groups in total. The van der Waals surface area contributed by atoms with E-state index in [1.165, 1.54) is 19.1 Å². The number of aromatic amines is 1. The zero-order chi connectivity index (χ0) is 18.7. The molecule has 0 fully saturated rings. The average molecular weight is 363 g/mol. The third-order valence-corrected chi connectivity index (χ3v) is 3.73. The Hall–Kier alpha value is -3.03. The van der Waals surface area contributed by atoms with Gasteiger partial charge in [-0.15, -0.1) is 0 Å². The molecule has 26 heavy (non-hydrogen) atoms. The quantitative estimate of drug-likeness (QED) is 0.715. The molecule has 2 heterocycles. The van der Waals surface area contributed by atoms with E-state index in [0.29, 0.717) is 23.5 Å². The van der Waals surface area contributed by atoms with Crippen LogP contribution in [0.25, 0.3) is 11.0 Å². The van der Waals surface area contributed by atoms with Crippen molar-refractivity contribution in [1.29, 1.82) is 0 Å².